The van der Waals surface area contributed by atoms with Crippen LogP contribution in [0.4, 0.5) is 0 Å². The van der Waals surface area contributed by atoms with E-state index in [1.807, 2.05) is 36.4 Å². The number of benzene rings is 6. The average molecular weight is 569 g/mol. The highest BCUT2D eigenvalue weighted by Crippen LogP contribution is 2.40. The van der Waals surface area contributed by atoms with Gasteiger partial charge in [0, 0.05) is 27.4 Å². The van der Waals surface area contributed by atoms with Gasteiger partial charge in [0.2, 0.25) is 0 Å². The van der Waals surface area contributed by atoms with Gasteiger partial charge >= 0.3 is 0 Å². The molecule has 0 saturated heterocycles. The predicted octanol–water partition coefficient (Wildman–Crippen LogP) is 9.02. The smallest absolute Gasteiger partial charge is 0.145 e. The third-order valence-electron chi connectivity index (χ3n) is 8.69. The Morgan fingerprint density at radius 3 is 2.09 bits per heavy atom. The zero-order valence-corrected chi connectivity index (χ0v) is 23.8. The Morgan fingerprint density at radius 1 is 0.568 bits per heavy atom. The van der Waals surface area contributed by atoms with Crippen LogP contribution in [-0.2, 0) is 0 Å². The second kappa shape index (κ2) is 9.97. The van der Waals surface area contributed by atoms with Crippen LogP contribution in [0, 0.1) is 0 Å². The van der Waals surface area contributed by atoms with Crippen molar-refractivity contribution in [3.63, 3.8) is 0 Å². The Kier molecular flexibility index (Phi) is 5.64. The van der Waals surface area contributed by atoms with Crippen LogP contribution < -0.4 is 10.6 Å². The number of aliphatic imine (C=N–C) groups is 1. The summed E-state index contributed by atoms with van der Waals surface area (Å²) in [5, 5.41) is 12.0. The van der Waals surface area contributed by atoms with Gasteiger partial charge in [-0.2, -0.15) is 0 Å². The normalized spacial score (nSPS) is 16.9. The molecule has 8 aromatic rings. The highest BCUT2D eigenvalue weighted by atomic mass is 16.3. The number of nitrogens with one attached hydrogen (secondary N) is 2. The molecule has 0 spiro atoms. The van der Waals surface area contributed by atoms with Crippen molar-refractivity contribution in [3.8, 4) is 5.69 Å². The average Bonchev–Trinajstić information content (AvgIpc) is 3.65. The van der Waals surface area contributed by atoms with E-state index in [1.165, 1.54) is 5.39 Å². The molecule has 5 heteroatoms. The van der Waals surface area contributed by atoms with Crippen LogP contribution in [0.2, 0.25) is 0 Å². The van der Waals surface area contributed by atoms with Gasteiger partial charge in [0.25, 0.3) is 0 Å². The van der Waals surface area contributed by atoms with Crippen molar-refractivity contribution in [2.24, 2.45) is 4.99 Å². The molecule has 5 nitrogen and oxygen atoms in total. The Morgan fingerprint density at radius 2 is 1.27 bits per heavy atom. The molecule has 210 valence electrons. The Balaban J connectivity index is 1.14. The first-order chi connectivity index (χ1) is 21.8. The van der Waals surface area contributed by atoms with Crippen molar-refractivity contribution in [1.29, 1.82) is 0 Å². The van der Waals surface area contributed by atoms with Crippen molar-refractivity contribution in [3.05, 3.63) is 162 Å². The molecular formula is C39H28N4O. The summed E-state index contributed by atoms with van der Waals surface area (Å²) in [6.07, 6.45) is -0.281. The molecule has 0 bridgehead atoms. The van der Waals surface area contributed by atoms with Gasteiger partial charge in [0.15, 0.2) is 0 Å². The number of para-hydroxylation sites is 2. The molecule has 1 aliphatic rings. The highest BCUT2D eigenvalue weighted by Gasteiger charge is 2.25. The first-order valence-corrected chi connectivity index (χ1v) is 15.0. The largest absolute Gasteiger partial charge is 0.455 e. The third-order valence-corrected chi connectivity index (χ3v) is 8.69. The molecule has 2 unspecified atom stereocenters. The van der Waals surface area contributed by atoms with Gasteiger partial charge in [0.05, 0.1) is 16.4 Å². The van der Waals surface area contributed by atoms with Crippen LogP contribution in [0.15, 0.2) is 155 Å². The molecule has 2 aromatic heterocycles. The Labute approximate surface area is 254 Å². The van der Waals surface area contributed by atoms with E-state index in [1.54, 1.807) is 0 Å². The number of furan rings is 1. The molecule has 0 fully saturated rings. The fraction of sp³-hybridized carbons (Fsp3) is 0.0513. The summed E-state index contributed by atoms with van der Waals surface area (Å²) in [6.45, 7) is 0. The molecule has 0 saturated carbocycles. The number of hydrogen-bond acceptors (Lipinski definition) is 4. The van der Waals surface area contributed by atoms with Crippen molar-refractivity contribution >= 4 is 49.6 Å². The number of hydrogen-bond donors (Lipinski definition) is 2. The van der Waals surface area contributed by atoms with Crippen LogP contribution >= 0.6 is 0 Å². The van der Waals surface area contributed by atoms with E-state index < -0.39 is 0 Å². The molecule has 9 rings (SSSR count). The maximum atomic E-state index is 6.47. The van der Waals surface area contributed by atoms with Gasteiger partial charge in [-0.25, -0.2) is 4.99 Å². The number of rotatable bonds is 4. The van der Waals surface area contributed by atoms with Gasteiger partial charge in [-0.3, -0.25) is 5.32 Å². The zero-order chi connectivity index (χ0) is 29.0. The topological polar surface area (TPSA) is 54.5 Å². The first-order valence-electron chi connectivity index (χ1n) is 15.0. The number of fused-ring (bicyclic) bond motifs is 7. The Bertz CT molecular complexity index is 2330. The third kappa shape index (κ3) is 3.94. The van der Waals surface area contributed by atoms with E-state index in [0.29, 0.717) is 0 Å². The molecule has 0 amide bonds. The minimum Gasteiger partial charge on any atom is -0.455 e. The highest BCUT2D eigenvalue weighted by molar-refractivity contribution is 6.23. The van der Waals surface area contributed by atoms with Gasteiger partial charge in [0.1, 0.15) is 29.3 Å². The lowest BCUT2D eigenvalue weighted by molar-refractivity contribution is 0.409. The maximum Gasteiger partial charge on any atom is 0.145 e. The van der Waals surface area contributed by atoms with E-state index in [9.17, 15) is 0 Å². The lowest BCUT2D eigenvalue weighted by Gasteiger charge is -2.32. The van der Waals surface area contributed by atoms with Gasteiger partial charge < -0.3 is 14.3 Å². The van der Waals surface area contributed by atoms with Crippen molar-refractivity contribution in [2.75, 3.05) is 0 Å². The Hall–Kier alpha value is -5.65. The zero-order valence-electron chi connectivity index (χ0n) is 23.8. The van der Waals surface area contributed by atoms with Crippen LogP contribution in [0.1, 0.15) is 29.0 Å². The van der Waals surface area contributed by atoms with Crippen LogP contribution in [0.25, 0.3) is 49.4 Å². The number of amidine groups is 1. The SMILES string of the molecule is c1ccc(C2=NC(c3ccccc3)NC(c3ccc(-n4c5ccccc5c5c6oc7ccccc7c6ccc54)cc3)N2)cc1. The molecule has 6 aromatic carbocycles. The van der Waals surface area contributed by atoms with Crippen molar-refractivity contribution < 1.29 is 4.42 Å². The number of nitrogens with zero attached hydrogens (tertiary/aromatic N) is 2. The van der Waals surface area contributed by atoms with E-state index >= 15 is 0 Å². The molecule has 2 N–H and O–H groups in total. The maximum absolute atomic E-state index is 6.47. The predicted molar refractivity (Wildman–Crippen MR) is 179 cm³/mol. The van der Waals surface area contributed by atoms with E-state index in [2.05, 4.69) is 124 Å². The minimum absolute atomic E-state index is 0.115. The fourth-order valence-electron chi connectivity index (χ4n) is 6.61. The quantitative estimate of drug-likeness (QED) is 0.223. The summed E-state index contributed by atoms with van der Waals surface area (Å²) in [5.41, 5.74) is 8.56. The van der Waals surface area contributed by atoms with Gasteiger partial charge in [-0.15, -0.1) is 0 Å². The van der Waals surface area contributed by atoms with E-state index in [-0.39, 0.29) is 12.3 Å². The standard InChI is InChI=1S/C39H28N4O/c1-3-11-25(12-4-1)37-40-38(26-13-5-2-6-14-26)42-39(41-37)27-19-21-28(22-20-27)43-32-17-9-7-16-31(32)35-33(43)24-23-30-29-15-8-10-18-34(29)44-36(30)35/h1-24,37,39,41H,(H,40,42). The molecule has 3 heterocycles. The summed E-state index contributed by atoms with van der Waals surface area (Å²) in [5.74, 6) is 0.879. The minimum atomic E-state index is -0.166. The molecule has 2 atom stereocenters. The molecule has 44 heavy (non-hydrogen) atoms. The summed E-state index contributed by atoms with van der Waals surface area (Å²) in [4.78, 5) is 5.05. The monoisotopic (exact) mass is 568 g/mol. The van der Waals surface area contributed by atoms with E-state index in [0.717, 1.165) is 66.6 Å². The van der Waals surface area contributed by atoms with Crippen LogP contribution in [0.5, 0.6) is 0 Å². The second-order valence-corrected chi connectivity index (χ2v) is 11.3. The molecular weight excluding hydrogens is 540 g/mol. The summed E-state index contributed by atoms with van der Waals surface area (Å²) in [7, 11) is 0. The summed E-state index contributed by atoms with van der Waals surface area (Å²) < 4.78 is 8.81. The van der Waals surface area contributed by atoms with Gasteiger partial charge in [-0.05, 0) is 47.5 Å². The summed E-state index contributed by atoms with van der Waals surface area (Å²) >= 11 is 0. The lowest BCUT2D eigenvalue weighted by Crippen LogP contribution is -2.44. The molecule has 0 radical (unpaired) electrons. The lowest BCUT2D eigenvalue weighted by atomic mass is 10.1. The second-order valence-electron chi connectivity index (χ2n) is 11.3. The fourth-order valence-corrected chi connectivity index (χ4v) is 6.61. The first kappa shape index (κ1) is 24.9. The van der Waals surface area contributed by atoms with Crippen molar-refractivity contribution in [1.82, 2.24) is 15.2 Å². The molecule has 0 aliphatic carbocycles. The molecule has 1 aliphatic heterocycles. The number of aromatic nitrogens is 1. The van der Waals surface area contributed by atoms with E-state index in [4.69, 9.17) is 9.41 Å². The van der Waals surface area contributed by atoms with Gasteiger partial charge in [-0.1, -0.05) is 109 Å². The van der Waals surface area contributed by atoms with Crippen LogP contribution in [0.3, 0.4) is 0 Å². The van der Waals surface area contributed by atoms with Crippen LogP contribution in [-0.4, -0.2) is 10.4 Å². The van der Waals surface area contributed by atoms with Crippen molar-refractivity contribution in [2.45, 2.75) is 12.3 Å². The summed E-state index contributed by atoms with van der Waals surface area (Å²) in [6, 6.07) is 50.8.